The summed E-state index contributed by atoms with van der Waals surface area (Å²) >= 11 is 11.5. The number of hydrogen-bond donors (Lipinski definition) is 2. The van der Waals surface area contributed by atoms with E-state index in [1.165, 1.54) is 19.3 Å². The van der Waals surface area contributed by atoms with Crippen LogP contribution in [0.15, 0.2) is 30.3 Å². The molecule has 7 nitrogen and oxygen atoms in total. The molecule has 2 aliphatic heterocycles. The van der Waals surface area contributed by atoms with Crippen LogP contribution in [0.1, 0.15) is 31.7 Å². The van der Waals surface area contributed by atoms with Crippen molar-refractivity contribution in [3.8, 4) is 0 Å². The second-order valence-electron chi connectivity index (χ2n) is 7.98. The number of rotatable bonds is 5. The third-order valence-electron chi connectivity index (χ3n) is 5.72. The fourth-order valence-corrected chi connectivity index (χ4v) is 4.24. The van der Waals surface area contributed by atoms with Gasteiger partial charge in [0.1, 0.15) is 11.6 Å². The van der Waals surface area contributed by atoms with Gasteiger partial charge in [0.05, 0.1) is 13.2 Å². The first kappa shape index (κ1) is 22.0. The van der Waals surface area contributed by atoms with Crippen LogP contribution < -0.4 is 20.4 Å². The highest BCUT2D eigenvalue weighted by molar-refractivity contribution is 7.80. The number of ether oxygens (including phenoxy) is 1. The summed E-state index contributed by atoms with van der Waals surface area (Å²) in [6, 6.07) is 10.3. The molecule has 2 N–H and O–H groups in total. The maximum absolute atomic E-state index is 5.96. The van der Waals surface area contributed by atoms with E-state index in [4.69, 9.17) is 38.5 Å². The third-order valence-corrected chi connectivity index (χ3v) is 6.22. The number of thiocarbonyl (C=S) groups is 1. The average Bonchev–Trinajstić information content (AvgIpc) is 2.79. The zero-order valence-corrected chi connectivity index (χ0v) is 19.4. The van der Waals surface area contributed by atoms with Gasteiger partial charge >= 0.3 is 0 Å². The van der Waals surface area contributed by atoms with E-state index in [9.17, 15) is 0 Å². The van der Waals surface area contributed by atoms with Crippen molar-refractivity contribution in [1.29, 1.82) is 0 Å². The lowest BCUT2D eigenvalue weighted by atomic mass is 10.0. The van der Waals surface area contributed by atoms with Crippen LogP contribution in [-0.4, -0.2) is 54.0 Å². The van der Waals surface area contributed by atoms with Crippen LogP contribution in [-0.2, 0) is 11.3 Å². The molecule has 166 valence electrons. The van der Waals surface area contributed by atoms with Gasteiger partial charge in [-0.2, -0.15) is 9.97 Å². The zero-order valence-electron chi connectivity index (χ0n) is 17.8. The summed E-state index contributed by atoms with van der Waals surface area (Å²) in [5.41, 5.74) is 1.10. The molecule has 9 heteroatoms. The number of benzene rings is 1. The molecule has 0 spiro atoms. The number of morpholine rings is 1. The van der Waals surface area contributed by atoms with Crippen LogP contribution in [0.3, 0.4) is 0 Å². The molecule has 0 bridgehead atoms. The Balaban J connectivity index is 1.49. The Bertz CT molecular complexity index is 890. The summed E-state index contributed by atoms with van der Waals surface area (Å²) in [6.45, 7) is 6.95. The van der Waals surface area contributed by atoms with Crippen molar-refractivity contribution in [2.75, 3.05) is 48.0 Å². The van der Waals surface area contributed by atoms with Crippen LogP contribution >= 0.6 is 23.8 Å². The van der Waals surface area contributed by atoms with Gasteiger partial charge in [0.2, 0.25) is 5.95 Å². The first-order chi connectivity index (χ1) is 15.1. The van der Waals surface area contributed by atoms with Crippen molar-refractivity contribution in [3.05, 3.63) is 40.9 Å². The number of halogens is 1. The van der Waals surface area contributed by atoms with Crippen LogP contribution in [0.5, 0.6) is 0 Å². The Labute approximate surface area is 194 Å². The fraction of sp³-hybridized carbons (Fsp3) is 0.500. The predicted octanol–water partition coefficient (Wildman–Crippen LogP) is 3.83. The Kier molecular flexibility index (Phi) is 7.42. The average molecular weight is 461 g/mol. The molecule has 4 rings (SSSR count). The van der Waals surface area contributed by atoms with E-state index in [1.54, 1.807) is 0 Å². The van der Waals surface area contributed by atoms with Gasteiger partial charge in [-0.3, -0.25) is 0 Å². The molecular weight excluding hydrogens is 432 g/mol. The Morgan fingerprint density at radius 2 is 1.87 bits per heavy atom. The molecule has 3 heterocycles. The lowest BCUT2D eigenvalue weighted by Crippen LogP contribution is -2.40. The van der Waals surface area contributed by atoms with Crippen molar-refractivity contribution in [1.82, 2.24) is 15.3 Å². The minimum absolute atomic E-state index is 0.462. The molecule has 1 aromatic heterocycles. The molecule has 1 unspecified atom stereocenters. The predicted molar refractivity (Wildman–Crippen MR) is 130 cm³/mol. The standard InChI is InChI=1S/C22H29ClN6OS/c1-16-4-2-3-9-29(16)20-14-19(28-10-12-30-13-11-28)25-21(26-20)27-22(31)24-15-17-5-7-18(23)8-6-17/h5-8,14,16H,2-4,9-13,15H2,1H3,(H2,24,25,26,27,31). The van der Waals surface area contributed by atoms with Gasteiger partial charge in [-0.15, -0.1) is 0 Å². The molecule has 0 saturated carbocycles. The molecule has 0 amide bonds. The Morgan fingerprint density at radius 1 is 1.13 bits per heavy atom. The van der Waals surface area contributed by atoms with Crippen LogP contribution in [0, 0.1) is 0 Å². The normalized spacial score (nSPS) is 19.2. The SMILES string of the molecule is CC1CCCCN1c1cc(N2CCOCC2)nc(NC(=S)NCc2ccc(Cl)cc2)n1. The van der Waals surface area contributed by atoms with Gasteiger partial charge in [-0.05, 0) is 56.1 Å². The second-order valence-corrected chi connectivity index (χ2v) is 8.82. The van der Waals surface area contributed by atoms with Gasteiger partial charge in [0, 0.05) is 43.3 Å². The lowest BCUT2D eigenvalue weighted by Gasteiger charge is -2.35. The van der Waals surface area contributed by atoms with Crippen molar-refractivity contribution >= 4 is 46.5 Å². The molecule has 1 atom stereocenters. The molecule has 0 aliphatic carbocycles. The quantitative estimate of drug-likeness (QED) is 0.652. The summed E-state index contributed by atoms with van der Waals surface area (Å²) in [4.78, 5) is 14.2. The van der Waals surface area contributed by atoms with E-state index in [1.807, 2.05) is 24.3 Å². The summed E-state index contributed by atoms with van der Waals surface area (Å²) in [6.07, 6.45) is 3.63. The highest BCUT2D eigenvalue weighted by Gasteiger charge is 2.23. The molecule has 0 radical (unpaired) electrons. The van der Waals surface area contributed by atoms with E-state index in [-0.39, 0.29) is 0 Å². The van der Waals surface area contributed by atoms with Crippen molar-refractivity contribution < 1.29 is 4.74 Å². The second kappa shape index (κ2) is 10.4. The first-order valence-electron chi connectivity index (χ1n) is 10.9. The highest BCUT2D eigenvalue weighted by atomic mass is 35.5. The summed E-state index contributed by atoms with van der Waals surface area (Å²) in [7, 11) is 0. The van der Waals surface area contributed by atoms with E-state index in [0.717, 1.165) is 41.9 Å². The van der Waals surface area contributed by atoms with E-state index < -0.39 is 0 Å². The van der Waals surface area contributed by atoms with Crippen LogP contribution in [0.2, 0.25) is 5.02 Å². The molecule has 2 aliphatic rings. The van der Waals surface area contributed by atoms with Crippen molar-refractivity contribution in [2.24, 2.45) is 0 Å². The number of nitrogens with zero attached hydrogens (tertiary/aromatic N) is 4. The van der Waals surface area contributed by atoms with Crippen LogP contribution in [0.4, 0.5) is 17.6 Å². The van der Waals surface area contributed by atoms with E-state index >= 15 is 0 Å². The highest BCUT2D eigenvalue weighted by Crippen LogP contribution is 2.27. The first-order valence-corrected chi connectivity index (χ1v) is 11.6. The molecule has 1 aromatic carbocycles. The zero-order chi connectivity index (χ0) is 21.6. The number of piperidine rings is 1. The summed E-state index contributed by atoms with van der Waals surface area (Å²) in [5.74, 6) is 2.38. The molecule has 2 saturated heterocycles. The van der Waals surface area contributed by atoms with Gasteiger partial charge in [-0.25, -0.2) is 0 Å². The monoisotopic (exact) mass is 460 g/mol. The summed E-state index contributed by atoms with van der Waals surface area (Å²) in [5, 5.41) is 7.62. The smallest absolute Gasteiger partial charge is 0.232 e. The number of anilines is 3. The molecule has 2 fully saturated rings. The minimum Gasteiger partial charge on any atom is -0.378 e. The number of nitrogens with one attached hydrogen (secondary N) is 2. The number of hydrogen-bond acceptors (Lipinski definition) is 6. The fourth-order valence-electron chi connectivity index (χ4n) is 3.95. The largest absolute Gasteiger partial charge is 0.378 e. The number of aromatic nitrogens is 2. The Hall–Kier alpha value is -2.16. The minimum atomic E-state index is 0.462. The molecular formula is C22H29ClN6OS. The van der Waals surface area contributed by atoms with Crippen molar-refractivity contribution in [2.45, 2.75) is 38.8 Å². The van der Waals surface area contributed by atoms with Gasteiger partial charge in [0.25, 0.3) is 0 Å². The van der Waals surface area contributed by atoms with E-state index in [2.05, 4.69) is 33.4 Å². The lowest BCUT2D eigenvalue weighted by molar-refractivity contribution is 0.122. The molecule has 2 aromatic rings. The maximum Gasteiger partial charge on any atom is 0.232 e. The van der Waals surface area contributed by atoms with Crippen molar-refractivity contribution in [3.63, 3.8) is 0 Å². The third kappa shape index (κ3) is 5.96. The Morgan fingerprint density at radius 3 is 2.61 bits per heavy atom. The van der Waals surface area contributed by atoms with E-state index in [0.29, 0.717) is 36.9 Å². The van der Waals surface area contributed by atoms with Gasteiger partial charge in [-0.1, -0.05) is 23.7 Å². The van der Waals surface area contributed by atoms with Gasteiger partial charge in [0.15, 0.2) is 5.11 Å². The topological polar surface area (TPSA) is 65.6 Å². The van der Waals surface area contributed by atoms with Gasteiger partial charge < -0.3 is 25.2 Å². The maximum atomic E-state index is 5.96. The molecule has 31 heavy (non-hydrogen) atoms. The van der Waals surface area contributed by atoms with Crippen LogP contribution in [0.25, 0.3) is 0 Å². The summed E-state index contributed by atoms with van der Waals surface area (Å²) < 4.78 is 5.51.